The van der Waals surface area contributed by atoms with E-state index in [1.165, 1.54) is 30.4 Å². The summed E-state index contributed by atoms with van der Waals surface area (Å²) in [5.41, 5.74) is 6.48. The van der Waals surface area contributed by atoms with Crippen LogP contribution in [0.1, 0.15) is 58.1 Å². The number of hydrogen-bond acceptors (Lipinski definition) is 0. The summed E-state index contributed by atoms with van der Waals surface area (Å²) < 4.78 is 0. The third kappa shape index (κ3) is 1.36. The average Bonchev–Trinajstić information content (AvgIpc) is 2.53. The predicted octanol–water partition coefficient (Wildman–Crippen LogP) is 4.94. The largest absolute Gasteiger partial charge is 0.0653 e. The molecule has 86 valence electrons. The fourth-order valence-electron chi connectivity index (χ4n) is 3.37. The van der Waals surface area contributed by atoms with E-state index in [2.05, 4.69) is 52.0 Å². The highest BCUT2D eigenvalue weighted by molar-refractivity contribution is 5.78. The first kappa shape index (κ1) is 11.4. The van der Waals surface area contributed by atoms with E-state index >= 15 is 0 Å². The first-order chi connectivity index (χ1) is 7.67. The fourth-order valence-corrected chi connectivity index (χ4v) is 3.37. The Morgan fingerprint density at radius 3 is 2.38 bits per heavy atom. The van der Waals surface area contributed by atoms with Gasteiger partial charge in [-0.15, -0.1) is 0 Å². The van der Waals surface area contributed by atoms with Gasteiger partial charge in [-0.3, -0.25) is 0 Å². The van der Waals surface area contributed by atoms with Crippen molar-refractivity contribution in [2.75, 3.05) is 0 Å². The molecule has 0 radical (unpaired) electrons. The van der Waals surface area contributed by atoms with E-state index in [0.717, 1.165) is 0 Å². The van der Waals surface area contributed by atoms with E-state index in [-0.39, 0.29) is 0 Å². The van der Waals surface area contributed by atoms with Crippen molar-refractivity contribution in [1.82, 2.24) is 0 Å². The molecule has 16 heavy (non-hydrogen) atoms. The Morgan fingerprint density at radius 2 is 1.75 bits per heavy atom. The van der Waals surface area contributed by atoms with Gasteiger partial charge >= 0.3 is 0 Å². The molecule has 0 saturated carbocycles. The van der Waals surface area contributed by atoms with Crippen LogP contribution >= 0.6 is 0 Å². The topological polar surface area (TPSA) is 0 Å². The fraction of sp³-hybridized carbons (Fsp3) is 0.500. The van der Waals surface area contributed by atoms with Crippen molar-refractivity contribution in [2.45, 2.75) is 52.4 Å². The molecule has 0 saturated heterocycles. The van der Waals surface area contributed by atoms with Crippen LogP contribution in [-0.2, 0) is 5.41 Å². The van der Waals surface area contributed by atoms with E-state index in [1.807, 2.05) is 0 Å². The molecule has 0 heterocycles. The van der Waals surface area contributed by atoms with Gasteiger partial charge in [0.2, 0.25) is 0 Å². The summed E-state index contributed by atoms with van der Waals surface area (Å²) in [6, 6.07) is 8.95. The van der Waals surface area contributed by atoms with E-state index in [4.69, 9.17) is 0 Å². The molecule has 0 aliphatic heterocycles. The van der Waals surface area contributed by atoms with E-state index in [0.29, 0.717) is 5.41 Å². The number of allylic oxidation sites excluding steroid dienone is 2. The molecule has 0 amide bonds. The summed E-state index contributed by atoms with van der Waals surface area (Å²) in [5, 5.41) is 0. The molecule has 2 rings (SSSR count). The zero-order valence-corrected chi connectivity index (χ0v) is 10.9. The Balaban J connectivity index is 2.63. The second kappa shape index (κ2) is 4.08. The first-order valence-corrected chi connectivity index (χ1v) is 6.45. The highest BCUT2D eigenvalue weighted by Crippen LogP contribution is 2.50. The molecule has 1 aromatic carbocycles. The molecule has 1 aromatic rings. The van der Waals surface area contributed by atoms with Crippen LogP contribution in [0, 0.1) is 0 Å². The van der Waals surface area contributed by atoms with Gasteiger partial charge in [0.25, 0.3) is 0 Å². The molecule has 0 aromatic heterocycles. The molecule has 1 atom stereocenters. The maximum Gasteiger partial charge on any atom is 0.0168 e. The molecule has 0 nitrogen and oxygen atoms in total. The summed E-state index contributed by atoms with van der Waals surface area (Å²) in [4.78, 5) is 0. The van der Waals surface area contributed by atoms with Crippen LogP contribution in [0.2, 0.25) is 0 Å². The summed E-state index contributed by atoms with van der Waals surface area (Å²) in [5.74, 6) is 0. The lowest BCUT2D eigenvalue weighted by atomic mass is 9.72. The zero-order valence-electron chi connectivity index (χ0n) is 10.9. The summed E-state index contributed by atoms with van der Waals surface area (Å²) in [7, 11) is 0. The molecule has 0 heteroatoms. The van der Waals surface area contributed by atoms with Crippen LogP contribution in [0.15, 0.2) is 29.8 Å². The van der Waals surface area contributed by atoms with Gasteiger partial charge in [-0.25, -0.2) is 0 Å². The molecule has 0 bridgehead atoms. The van der Waals surface area contributed by atoms with Crippen LogP contribution in [0.5, 0.6) is 0 Å². The van der Waals surface area contributed by atoms with Crippen molar-refractivity contribution < 1.29 is 0 Å². The van der Waals surface area contributed by atoms with E-state index in [9.17, 15) is 0 Å². The second-order valence-corrected chi connectivity index (χ2v) is 4.98. The number of rotatable bonds is 3. The summed E-state index contributed by atoms with van der Waals surface area (Å²) >= 11 is 0. The number of hydrogen-bond donors (Lipinski definition) is 0. The van der Waals surface area contributed by atoms with Crippen molar-refractivity contribution >= 4 is 5.57 Å². The monoisotopic (exact) mass is 214 g/mol. The van der Waals surface area contributed by atoms with Gasteiger partial charge in [-0.05, 0) is 43.4 Å². The van der Waals surface area contributed by atoms with Crippen molar-refractivity contribution in [2.24, 2.45) is 0 Å². The van der Waals surface area contributed by atoms with Gasteiger partial charge < -0.3 is 0 Å². The quantitative estimate of drug-likeness (QED) is 0.668. The van der Waals surface area contributed by atoms with Gasteiger partial charge in [-0.2, -0.15) is 0 Å². The van der Waals surface area contributed by atoms with Gasteiger partial charge in [0.1, 0.15) is 0 Å². The lowest BCUT2D eigenvalue weighted by molar-refractivity contribution is 0.449. The van der Waals surface area contributed by atoms with Crippen LogP contribution in [0.3, 0.4) is 0 Å². The van der Waals surface area contributed by atoms with Crippen molar-refractivity contribution in [3.8, 4) is 0 Å². The Morgan fingerprint density at radius 1 is 1.06 bits per heavy atom. The van der Waals surface area contributed by atoms with Crippen LogP contribution in [0.25, 0.3) is 5.57 Å². The van der Waals surface area contributed by atoms with Gasteiger partial charge in [0.05, 0.1) is 0 Å². The van der Waals surface area contributed by atoms with E-state index in [1.54, 1.807) is 11.1 Å². The lowest BCUT2D eigenvalue weighted by Gasteiger charge is -2.31. The summed E-state index contributed by atoms with van der Waals surface area (Å²) in [6.07, 6.45) is 3.76. The Bertz CT molecular complexity index is 425. The normalized spacial score (nSPS) is 23.8. The number of fused-ring (bicyclic) bond motifs is 1. The molecule has 1 unspecified atom stereocenters. The Kier molecular flexibility index (Phi) is 2.92. The van der Waals surface area contributed by atoms with Gasteiger partial charge in [-0.1, -0.05) is 50.1 Å². The number of benzene rings is 1. The standard InChI is InChI=1S/C16H22/c1-5-11-16(6-2)13(4)12(3)14-9-7-8-10-15(14)16/h7-10H,5-6,11H2,1-4H3. The Hall–Kier alpha value is -1.04. The third-order valence-corrected chi connectivity index (χ3v) is 4.41. The first-order valence-electron chi connectivity index (χ1n) is 6.45. The zero-order chi connectivity index (χ0) is 11.8. The lowest BCUT2D eigenvalue weighted by Crippen LogP contribution is -2.24. The molecular weight excluding hydrogens is 192 g/mol. The van der Waals surface area contributed by atoms with Gasteiger partial charge in [0.15, 0.2) is 0 Å². The molecule has 0 fully saturated rings. The maximum absolute atomic E-state index is 2.33. The minimum Gasteiger partial charge on any atom is -0.0653 e. The maximum atomic E-state index is 2.33. The molecule has 1 aliphatic rings. The van der Waals surface area contributed by atoms with Gasteiger partial charge in [0, 0.05) is 5.41 Å². The van der Waals surface area contributed by atoms with Crippen molar-refractivity contribution in [3.05, 3.63) is 41.0 Å². The molecule has 0 N–H and O–H groups in total. The predicted molar refractivity (Wildman–Crippen MR) is 71.6 cm³/mol. The SMILES string of the molecule is CCCC1(CC)C(C)=C(C)c2ccccc21. The highest BCUT2D eigenvalue weighted by Gasteiger charge is 2.38. The van der Waals surface area contributed by atoms with Crippen molar-refractivity contribution in [3.63, 3.8) is 0 Å². The smallest absolute Gasteiger partial charge is 0.0168 e. The van der Waals surface area contributed by atoms with Crippen LogP contribution < -0.4 is 0 Å². The highest BCUT2D eigenvalue weighted by atomic mass is 14.4. The average molecular weight is 214 g/mol. The summed E-state index contributed by atoms with van der Waals surface area (Å²) in [6.45, 7) is 9.23. The minimum atomic E-state index is 0.329. The Labute approximate surface area is 99.4 Å². The third-order valence-electron chi connectivity index (χ3n) is 4.41. The minimum absolute atomic E-state index is 0.329. The molecule has 1 aliphatic carbocycles. The van der Waals surface area contributed by atoms with Crippen molar-refractivity contribution in [1.29, 1.82) is 0 Å². The van der Waals surface area contributed by atoms with Crippen LogP contribution in [0.4, 0.5) is 0 Å². The molecule has 0 spiro atoms. The molecular formula is C16H22. The van der Waals surface area contributed by atoms with Crippen LogP contribution in [-0.4, -0.2) is 0 Å². The van der Waals surface area contributed by atoms with E-state index < -0.39 is 0 Å². The second-order valence-electron chi connectivity index (χ2n) is 4.98.